The maximum absolute atomic E-state index is 12.8. The normalized spacial score (nSPS) is 24.7. The molecule has 9 nitrogen and oxygen atoms in total. The topological polar surface area (TPSA) is 87.9 Å². The van der Waals surface area contributed by atoms with Crippen molar-refractivity contribution in [1.82, 2.24) is 19.4 Å². The fraction of sp³-hybridized carbons (Fsp3) is 0.750. The fourth-order valence-corrected chi connectivity index (χ4v) is 6.00. The van der Waals surface area contributed by atoms with Gasteiger partial charge >= 0.3 is 6.09 Å². The third-order valence-corrected chi connectivity index (χ3v) is 8.95. The van der Waals surface area contributed by atoms with Crippen molar-refractivity contribution in [2.75, 3.05) is 19.8 Å². The summed E-state index contributed by atoms with van der Waals surface area (Å²) < 4.78 is 26.2. The zero-order valence-electron chi connectivity index (χ0n) is 24.5. The molecule has 0 saturated carbocycles. The number of rotatable bonds is 8. The molecule has 0 aromatic carbocycles. The van der Waals surface area contributed by atoms with Crippen LogP contribution >= 0.6 is 0 Å². The molecule has 4 atom stereocenters. The van der Waals surface area contributed by atoms with Crippen LogP contribution in [-0.2, 0) is 20.9 Å². The van der Waals surface area contributed by atoms with E-state index in [-0.39, 0.29) is 24.3 Å². The molecule has 4 rings (SSSR count). The van der Waals surface area contributed by atoms with E-state index in [4.69, 9.17) is 18.9 Å². The van der Waals surface area contributed by atoms with Crippen LogP contribution in [0.5, 0.6) is 5.88 Å². The van der Waals surface area contributed by atoms with Gasteiger partial charge in [-0.15, -0.1) is 0 Å². The van der Waals surface area contributed by atoms with Crippen LogP contribution in [0.3, 0.4) is 0 Å². The number of amides is 1. The van der Waals surface area contributed by atoms with Crippen LogP contribution in [0.4, 0.5) is 4.79 Å². The summed E-state index contributed by atoms with van der Waals surface area (Å²) >= 11 is 0. The number of nitrogens with zero attached hydrogens (tertiary/aromatic N) is 4. The van der Waals surface area contributed by atoms with Gasteiger partial charge in [-0.2, -0.15) is 0 Å². The van der Waals surface area contributed by atoms with E-state index in [1.807, 2.05) is 27.7 Å². The molecule has 212 valence electrons. The Labute approximate surface area is 228 Å². The molecule has 0 bridgehead atoms. The van der Waals surface area contributed by atoms with Crippen molar-refractivity contribution in [1.29, 1.82) is 0 Å². The maximum atomic E-state index is 12.8. The predicted molar refractivity (Wildman–Crippen MR) is 150 cm³/mol. The van der Waals surface area contributed by atoms with E-state index in [1.165, 1.54) is 5.56 Å². The summed E-state index contributed by atoms with van der Waals surface area (Å²) in [6.07, 6.45) is 6.07. The average Bonchev–Trinajstić information content (AvgIpc) is 3.36. The van der Waals surface area contributed by atoms with Crippen LogP contribution in [0, 0.1) is 0 Å². The van der Waals surface area contributed by atoms with Gasteiger partial charge in [0.1, 0.15) is 30.4 Å². The number of hydrogen-bond donors (Lipinski definition) is 0. The first-order valence-electron chi connectivity index (χ1n) is 14.0. The highest BCUT2D eigenvalue weighted by Crippen LogP contribution is 2.39. The van der Waals surface area contributed by atoms with Crippen LogP contribution in [0.1, 0.15) is 65.4 Å². The van der Waals surface area contributed by atoms with Crippen LogP contribution in [-0.4, -0.2) is 77.2 Å². The van der Waals surface area contributed by atoms with Crippen molar-refractivity contribution in [3.63, 3.8) is 0 Å². The summed E-state index contributed by atoms with van der Waals surface area (Å²) in [5.41, 5.74) is 1.48. The molecule has 0 aliphatic carbocycles. The monoisotopic (exact) mass is 546 g/mol. The SMILES string of the molecule is CC1CC(c2cn(COCC[Si](C)(C)C)c3ncnc(O[C@@H]4C[C@H](C)N(C(=O)OC(C)(C)C)C4)c23)CCO1. The molecule has 0 radical (unpaired) electrons. The van der Waals surface area contributed by atoms with Crippen LogP contribution in [0.25, 0.3) is 11.0 Å². The number of carbonyl (C=O) groups excluding carboxylic acids is 1. The summed E-state index contributed by atoms with van der Waals surface area (Å²) in [5.74, 6) is 0.909. The Balaban J connectivity index is 1.58. The molecule has 2 unspecified atom stereocenters. The minimum atomic E-state index is -1.17. The van der Waals surface area contributed by atoms with E-state index >= 15 is 0 Å². The minimum absolute atomic E-state index is 0.0207. The van der Waals surface area contributed by atoms with E-state index in [0.717, 1.165) is 49.6 Å². The van der Waals surface area contributed by atoms with Crippen molar-refractivity contribution in [2.24, 2.45) is 0 Å². The molecule has 2 fully saturated rings. The van der Waals surface area contributed by atoms with Gasteiger partial charge in [0.2, 0.25) is 5.88 Å². The molecule has 2 saturated heterocycles. The molecule has 38 heavy (non-hydrogen) atoms. The average molecular weight is 547 g/mol. The molecule has 0 N–H and O–H groups in total. The maximum Gasteiger partial charge on any atom is 0.410 e. The Hall–Kier alpha value is -2.17. The molecule has 4 heterocycles. The highest BCUT2D eigenvalue weighted by molar-refractivity contribution is 6.76. The molecule has 2 aliphatic heterocycles. The highest BCUT2D eigenvalue weighted by atomic mass is 28.3. The quantitative estimate of drug-likeness (QED) is 0.305. The standard InChI is InChI=1S/C28H46N4O5Si/c1-19-13-22(15-32(19)27(33)37-28(3,4)5)36-26-24-23(21-9-10-35-20(2)14-21)16-31(25(24)29-17-30-26)18-34-11-12-38(6,7)8/h16-17,19-22H,9-15,18H2,1-8H3/t19-,20?,21?,22+/m0/s1. The molecular formula is C28H46N4O5Si. The minimum Gasteiger partial charge on any atom is -0.472 e. The smallest absolute Gasteiger partial charge is 0.410 e. The lowest BCUT2D eigenvalue weighted by atomic mass is 9.89. The van der Waals surface area contributed by atoms with Gasteiger partial charge in [-0.3, -0.25) is 0 Å². The number of fused-ring (bicyclic) bond motifs is 1. The third-order valence-electron chi connectivity index (χ3n) is 7.24. The number of aromatic nitrogens is 3. The first-order valence-corrected chi connectivity index (χ1v) is 17.7. The van der Waals surface area contributed by atoms with Gasteiger partial charge < -0.3 is 28.4 Å². The van der Waals surface area contributed by atoms with E-state index in [0.29, 0.717) is 25.1 Å². The van der Waals surface area contributed by atoms with E-state index < -0.39 is 13.7 Å². The van der Waals surface area contributed by atoms with E-state index in [1.54, 1.807) is 11.2 Å². The zero-order valence-corrected chi connectivity index (χ0v) is 25.5. The Morgan fingerprint density at radius 2 is 1.95 bits per heavy atom. The summed E-state index contributed by atoms with van der Waals surface area (Å²) in [6, 6.07) is 1.14. The number of ether oxygens (including phenoxy) is 4. The van der Waals surface area contributed by atoms with Crippen LogP contribution < -0.4 is 4.74 Å². The molecule has 2 aliphatic rings. The number of likely N-dealkylation sites (tertiary alicyclic amines) is 1. The molecule has 1 amide bonds. The lowest BCUT2D eigenvalue weighted by molar-refractivity contribution is 0.0187. The van der Waals surface area contributed by atoms with Gasteiger partial charge in [0.25, 0.3) is 0 Å². The second-order valence-corrected chi connectivity index (χ2v) is 18.8. The van der Waals surface area contributed by atoms with Crippen LogP contribution in [0.15, 0.2) is 12.5 Å². The molecule has 10 heteroatoms. The van der Waals surface area contributed by atoms with Gasteiger partial charge in [0.05, 0.1) is 18.0 Å². The third kappa shape index (κ3) is 7.27. The van der Waals surface area contributed by atoms with Crippen molar-refractivity contribution in [2.45, 2.75) is 116 Å². The largest absolute Gasteiger partial charge is 0.472 e. The van der Waals surface area contributed by atoms with Gasteiger partial charge in [-0.25, -0.2) is 14.8 Å². The lowest BCUT2D eigenvalue weighted by Crippen LogP contribution is -2.39. The lowest BCUT2D eigenvalue weighted by Gasteiger charge is -2.27. The fourth-order valence-electron chi connectivity index (χ4n) is 5.24. The molecular weight excluding hydrogens is 500 g/mol. The summed E-state index contributed by atoms with van der Waals surface area (Å²) in [6.45, 7) is 19.3. The van der Waals surface area contributed by atoms with Crippen molar-refractivity contribution < 1.29 is 23.7 Å². The van der Waals surface area contributed by atoms with Crippen LogP contribution in [0.2, 0.25) is 25.7 Å². The van der Waals surface area contributed by atoms with Gasteiger partial charge in [0, 0.05) is 39.9 Å². The summed E-state index contributed by atoms with van der Waals surface area (Å²) in [5, 5.41) is 0.948. The number of hydrogen-bond acceptors (Lipinski definition) is 7. The molecule has 2 aromatic rings. The summed E-state index contributed by atoms with van der Waals surface area (Å²) in [7, 11) is -1.17. The Bertz CT molecular complexity index is 1110. The molecule has 2 aromatic heterocycles. The van der Waals surface area contributed by atoms with E-state index in [2.05, 4.69) is 47.3 Å². The van der Waals surface area contributed by atoms with Gasteiger partial charge in [0.15, 0.2) is 0 Å². The Morgan fingerprint density at radius 3 is 2.63 bits per heavy atom. The first-order chi connectivity index (χ1) is 17.8. The van der Waals surface area contributed by atoms with E-state index in [9.17, 15) is 4.79 Å². The molecule has 0 spiro atoms. The van der Waals surface area contributed by atoms with Gasteiger partial charge in [-0.05, 0) is 65.0 Å². The zero-order chi connectivity index (χ0) is 27.7. The summed E-state index contributed by atoms with van der Waals surface area (Å²) in [4.78, 5) is 23.8. The second kappa shape index (κ2) is 11.5. The van der Waals surface area contributed by atoms with Crippen molar-refractivity contribution in [3.05, 3.63) is 18.1 Å². The highest BCUT2D eigenvalue weighted by Gasteiger charge is 2.37. The second-order valence-electron chi connectivity index (χ2n) is 13.1. The Kier molecular flexibility index (Phi) is 8.74. The first kappa shape index (κ1) is 28.8. The van der Waals surface area contributed by atoms with Crippen molar-refractivity contribution in [3.8, 4) is 5.88 Å². The van der Waals surface area contributed by atoms with Gasteiger partial charge in [-0.1, -0.05) is 19.6 Å². The predicted octanol–water partition coefficient (Wildman–Crippen LogP) is 5.80. The van der Waals surface area contributed by atoms with Crippen molar-refractivity contribution >= 4 is 25.2 Å². The number of carbonyl (C=O) groups is 1. The Morgan fingerprint density at radius 1 is 1.18 bits per heavy atom.